The highest BCUT2D eigenvalue weighted by atomic mass is 16.3. The summed E-state index contributed by atoms with van der Waals surface area (Å²) in [6, 6.07) is 7.42. The van der Waals surface area contributed by atoms with Crippen molar-refractivity contribution in [1.82, 2.24) is 9.97 Å². The smallest absolute Gasteiger partial charge is 0.215 e. The quantitative estimate of drug-likeness (QED) is 0.836. The van der Waals surface area contributed by atoms with Crippen LogP contribution in [0.25, 0.3) is 0 Å². The molecule has 0 amide bonds. The first-order chi connectivity index (χ1) is 9.67. The Morgan fingerprint density at radius 1 is 1.30 bits per heavy atom. The summed E-state index contributed by atoms with van der Waals surface area (Å²) in [4.78, 5) is 11.8. The number of aliphatic imine (C=N–C) groups is 1. The number of hydrogen-bond acceptors (Lipinski definition) is 3. The molecule has 0 saturated carbocycles. The summed E-state index contributed by atoms with van der Waals surface area (Å²) in [6.07, 6.45) is 8.07. The predicted molar refractivity (Wildman–Crippen MR) is 76.9 cm³/mol. The fourth-order valence-electron chi connectivity index (χ4n) is 2.40. The van der Waals surface area contributed by atoms with Gasteiger partial charge in [0.1, 0.15) is 30.7 Å². The molecule has 1 aliphatic heterocycles. The van der Waals surface area contributed by atoms with Crippen LogP contribution in [-0.2, 0) is 13.0 Å². The number of aromatic nitrogens is 2. The Morgan fingerprint density at radius 3 is 2.90 bits per heavy atom. The number of imidazole rings is 1. The van der Waals surface area contributed by atoms with E-state index in [1.54, 1.807) is 12.3 Å². The minimum Gasteiger partial charge on any atom is -0.507 e. The lowest BCUT2D eigenvalue weighted by Gasteiger charge is -2.27. The van der Waals surface area contributed by atoms with Gasteiger partial charge in [-0.1, -0.05) is 12.1 Å². The van der Waals surface area contributed by atoms with Crippen molar-refractivity contribution < 1.29 is 9.59 Å². The summed E-state index contributed by atoms with van der Waals surface area (Å²) in [7, 11) is 2.08. The van der Waals surface area contributed by atoms with Crippen LogP contribution in [0.15, 0.2) is 54.1 Å². The Balaban J connectivity index is 1.82. The number of hydrogen-bond donors (Lipinski definition) is 2. The van der Waals surface area contributed by atoms with Crippen molar-refractivity contribution in [3.8, 4) is 5.75 Å². The van der Waals surface area contributed by atoms with E-state index in [1.165, 1.54) is 0 Å². The SMILES string of the molecule is C[N+]1(Cc2ccccc2O)C=CN=C1Cc1ncc[nH]1. The van der Waals surface area contributed by atoms with Crippen LogP contribution in [0.2, 0.25) is 0 Å². The maximum Gasteiger partial charge on any atom is 0.215 e. The van der Waals surface area contributed by atoms with Gasteiger partial charge in [0.2, 0.25) is 5.84 Å². The molecule has 1 unspecified atom stereocenters. The Kier molecular flexibility index (Phi) is 3.12. The second-order valence-corrected chi connectivity index (χ2v) is 5.11. The van der Waals surface area contributed by atoms with Gasteiger partial charge >= 0.3 is 0 Å². The normalized spacial score (nSPS) is 21.1. The number of phenolic OH excluding ortho intramolecular Hbond substituents is 1. The van der Waals surface area contributed by atoms with Gasteiger partial charge in [-0.2, -0.15) is 0 Å². The molecular weight excluding hydrogens is 252 g/mol. The molecule has 0 saturated heterocycles. The topological polar surface area (TPSA) is 61.3 Å². The molecule has 2 N–H and O–H groups in total. The number of benzene rings is 1. The van der Waals surface area contributed by atoms with E-state index < -0.39 is 0 Å². The first kappa shape index (κ1) is 12.6. The van der Waals surface area contributed by atoms with Gasteiger partial charge < -0.3 is 10.1 Å². The third-order valence-corrected chi connectivity index (χ3v) is 3.58. The van der Waals surface area contributed by atoms with Crippen LogP contribution in [0.5, 0.6) is 5.75 Å². The second-order valence-electron chi connectivity index (χ2n) is 5.11. The largest absolute Gasteiger partial charge is 0.507 e. The minimum absolute atomic E-state index is 0.324. The molecule has 1 aromatic heterocycles. The van der Waals surface area contributed by atoms with Crippen LogP contribution < -0.4 is 0 Å². The number of likely N-dealkylation sites (N-methyl/N-ethyl adjacent to an activating group) is 1. The molecule has 1 atom stereocenters. The van der Waals surface area contributed by atoms with Gasteiger partial charge in [0, 0.05) is 18.0 Å². The standard InChI is InChI=1S/C15H16N4O/c1-19(11-12-4-2-3-5-13(12)20)9-8-18-15(19)10-14-16-6-7-17-14/h2-9H,10-11H2,1H3,(H-,16,17,20)/p+1. The van der Waals surface area contributed by atoms with Gasteiger partial charge in [-0.15, -0.1) is 0 Å². The lowest BCUT2D eigenvalue weighted by Crippen LogP contribution is -2.42. The Hall–Kier alpha value is -2.40. The van der Waals surface area contributed by atoms with Gasteiger partial charge in [0.15, 0.2) is 0 Å². The van der Waals surface area contributed by atoms with Crippen molar-refractivity contribution in [3.63, 3.8) is 0 Å². The zero-order valence-electron chi connectivity index (χ0n) is 11.3. The summed E-state index contributed by atoms with van der Waals surface area (Å²) in [5.41, 5.74) is 0.911. The summed E-state index contributed by atoms with van der Waals surface area (Å²) in [6.45, 7) is 0.669. The third kappa shape index (κ3) is 2.35. The van der Waals surface area contributed by atoms with Crippen molar-refractivity contribution in [2.24, 2.45) is 4.99 Å². The molecule has 3 rings (SSSR count). The maximum absolute atomic E-state index is 9.94. The van der Waals surface area contributed by atoms with Crippen LogP contribution in [0, 0.1) is 0 Å². The number of aromatic hydroxyl groups is 1. The number of quaternary nitrogens is 1. The Morgan fingerprint density at radius 2 is 2.15 bits per heavy atom. The molecule has 5 nitrogen and oxygen atoms in total. The molecule has 0 aliphatic carbocycles. The number of aromatic amines is 1. The van der Waals surface area contributed by atoms with Crippen molar-refractivity contribution in [3.05, 3.63) is 60.4 Å². The van der Waals surface area contributed by atoms with E-state index in [-0.39, 0.29) is 0 Å². The molecule has 0 fully saturated rings. The highest BCUT2D eigenvalue weighted by Crippen LogP contribution is 2.25. The molecule has 0 spiro atoms. The molecular formula is C15H17N4O+. The number of amidine groups is 1. The van der Waals surface area contributed by atoms with E-state index >= 15 is 0 Å². The van der Waals surface area contributed by atoms with E-state index in [1.807, 2.05) is 36.8 Å². The number of nitrogens with zero attached hydrogens (tertiary/aromatic N) is 3. The van der Waals surface area contributed by atoms with Crippen LogP contribution in [0.1, 0.15) is 11.4 Å². The summed E-state index contributed by atoms with van der Waals surface area (Å²) in [5, 5.41) is 9.94. The van der Waals surface area contributed by atoms with Crippen molar-refractivity contribution in [1.29, 1.82) is 0 Å². The first-order valence-corrected chi connectivity index (χ1v) is 6.53. The van der Waals surface area contributed by atoms with Crippen molar-refractivity contribution in [2.45, 2.75) is 13.0 Å². The number of H-pyrrole nitrogens is 1. The maximum atomic E-state index is 9.94. The van der Waals surface area contributed by atoms with Crippen molar-refractivity contribution in [2.75, 3.05) is 7.05 Å². The Bertz CT molecular complexity index is 660. The average Bonchev–Trinajstić information content (AvgIpc) is 3.05. The highest BCUT2D eigenvalue weighted by Gasteiger charge is 2.32. The van der Waals surface area contributed by atoms with Gasteiger partial charge in [-0.05, 0) is 12.1 Å². The number of para-hydroxylation sites is 1. The van der Waals surface area contributed by atoms with E-state index in [0.29, 0.717) is 23.2 Å². The minimum atomic E-state index is 0.324. The molecule has 0 radical (unpaired) electrons. The summed E-state index contributed by atoms with van der Waals surface area (Å²) in [5.74, 6) is 2.22. The van der Waals surface area contributed by atoms with Crippen LogP contribution >= 0.6 is 0 Å². The first-order valence-electron chi connectivity index (χ1n) is 6.53. The second kappa shape index (κ2) is 4.94. The van der Waals surface area contributed by atoms with Crippen molar-refractivity contribution >= 4 is 5.84 Å². The van der Waals surface area contributed by atoms with Crippen LogP contribution in [0.4, 0.5) is 0 Å². The fourth-order valence-corrected chi connectivity index (χ4v) is 2.40. The van der Waals surface area contributed by atoms with Crippen LogP contribution in [-0.4, -0.2) is 32.4 Å². The number of nitrogens with one attached hydrogen (secondary N) is 1. The predicted octanol–water partition coefficient (Wildman–Crippen LogP) is 2.19. The van der Waals surface area contributed by atoms with E-state index in [4.69, 9.17) is 0 Å². The number of rotatable bonds is 4. The molecule has 5 heteroatoms. The molecule has 102 valence electrons. The summed E-state index contributed by atoms with van der Waals surface area (Å²) >= 11 is 0. The fraction of sp³-hybridized carbons (Fsp3) is 0.200. The summed E-state index contributed by atoms with van der Waals surface area (Å²) < 4.78 is 0.554. The molecule has 0 bridgehead atoms. The van der Waals surface area contributed by atoms with E-state index in [9.17, 15) is 5.11 Å². The lowest BCUT2D eigenvalue weighted by atomic mass is 10.1. The molecule has 1 aliphatic rings. The van der Waals surface area contributed by atoms with E-state index in [2.05, 4.69) is 22.0 Å². The zero-order valence-corrected chi connectivity index (χ0v) is 11.3. The molecule has 20 heavy (non-hydrogen) atoms. The monoisotopic (exact) mass is 269 g/mol. The third-order valence-electron chi connectivity index (χ3n) is 3.58. The molecule has 2 heterocycles. The molecule has 1 aromatic carbocycles. The Labute approximate surface area is 117 Å². The zero-order chi connectivity index (χ0) is 14.0. The highest BCUT2D eigenvalue weighted by molar-refractivity contribution is 5.79. The number of phenols is 1. The average molecular weight is 269 g/mol. The van der Waals surface area contributed by atoms with E-state index in [0.717, 1.165) is 17.2 Å². The van der Waals surface area contributed by atoms with Gasteiger partial charge in [0.05, 0.1) is 13.2 Å². The lowest BCUT2D eigenvalue weighted by molar-refractivity contribution is -0.779. The van der Waals surface area contributed by atoms with Crippen LogP contribution in [0.3, 0.4) is 0 Å². The van der Waals surface area contributed by atoms with Gasteiger partial charge in [-0.25, -0.2) is 14.5 Å². The van der Waals surface area contributed by atoms with Gasteiger partial charge in [-0.3, -0.25) is 0 Å². The molecule has 2 aromatic rings. The van der Waals surface area contributed by atoms with Gasteiger partial charge in [0.25, 0.3) is 0 Å².